The highest BCUT2D eigenvalue weighted by atomic mass is 32.1. The molecule has 1 aliphatic rings. The first-order valence-electron chi connectivity index (χ1n) is 7.73. The third-order valence-corrected chi connectivity index (χ3v) is 4.84. The Morgan fingerprint density at radius 1 is 1.41 bits per heavy atom. The smallest absolute Gasteiger partial charge is 0.141 e. The van der Waals surface area contributed by atoms with Crippen LogP contribution < -0.4 is 0 Å². The number of nitrogens with zero attached hydrogens (tertiary/aromatic N) is 4. The number of methoxy groups -OCH3 is 1. The molecule has 1 aliphatic heterocycles. The van der Waals surface area contributed by atoms with Gasteiger partial charge in [-0.05, 0) is 32.4 Å². The van der Waals surface area contributed by atoms with E-state index in [0.29, 0.717) is 5.92 Å². The number of rotatable bonds is 5. The summed E-state index contributed by atoms with van der Waals surface area (Å²) in [4.78, 5) is 16.1. The van der Waals surface area contributed by atoms with Gasteiger partial charge in [-0.15, -0.1) is 11.3 Å². The number of thiazole rings is 1. The zero-order chi connectivity index (χ0) is 15.4. The molecule has 3 rings (SSSR count). The molecule has 2 aromatic heterocycles. The summed E-state index contributed by atoms with van der Waals surface area (Å²) in [5, 5.41) is 2.96. The van der Waals surface area contributed by atoms with Gasteiger partial charge in [-0.3, -0.25) is 0 Å². The standard InChI is InChI=1S/C16H22N4OS/c1-12-18-14(10-15(19-12)16-17-5-9-22-16)13-4-3-6-20(11-13)7-8-21-2/h5,9-10,13H,3-4,6-8,11H2,1-2H3/t13-/m1/s1. The molecule has 0 spiro atoms. The summed E-state index contributed by atoms with van der Waals surface area (Å²) in [6.45, 7) is 5.96. The molecule has 2 aromatic rings. The summed E-state index contributed by atoms with van der Waals surface area (Å²) in [5.74, 6) is 1.31. The number of piperidine rings is 1. The molecule has 0 N–H and O–H groups in total. The van der Waals surface area contributed by atoms with Crippen molar-refractivity contribution < 1.29 is 4.74 Å². The Balaban J connectivity index is 1.79. The molecular formula is C16H22N4OS. The van der Waals surface area contributed by atoms with Crippen LogP contribution in [0.25, 0.3) is 10.7 Å². The van der Waals surface area contributed by atoms with Gasteiger partial charge in [-0.2, -0.15) is 0 Å². The van der Waals surface area contributed by atoms with Gasteiger partial charge >= 0.3 is 0 Å². The van der Waals surface area contributed by atoms with Crippen molar-refractivity contribution in [2.45, 2.75) is 25.7 Å². The minimum atomic E-state index is 0.478. The van der Waals surface area contributed by atoms with Crippen LogP contribution in [0.15, 0.2) is 17.6 Å². The van der Waals surface area contributed by atoms with Crippen LogP contribution in [-0.2, 0) is 4.74 Å². The molecule has 0 saturated carbocycles. The largest absolute Gasteiger partial charge is 0.383 e. The van der Waals surface area contributed by atoms with Gasteiger partial charge in [0.1, 0.15) is 16.5 Å². The minimum absolute atomic E-state index is 0.478. The fraction of sp³-hybridized carbons (Fsp3) is 0.562. The zero-order valence-corrected chi connectivity index (χ0v) is 14.0. The Labute approximate surface area is 135 Å². The first-order valence-corrected chi connectivity index (χ1v) is 8.61. The Kier molecular flexibility index (Phi) is 5.12. The van der Waals surface area contributed by atoms with Crippen LogP contribution >= 0.6 is 11.3 Å². The van der Waals surface area contributed by atoms with E-state index in [1.165, 1.54) is 12.8 Å². The molecule has 1 fully saturated rings. The van der Waals surface area contributed by atoms with E-state index in [2.05, 4.69) is 25.9 Å². The lowest BCUT2D eigenvalue weighted by Crippen LogP contribution is -2.36. The van der Waals surface area contributed by atoms with Crippen LogP contribution in [0.2, 0.25) is 0 Å². The first kappa shape index (κ1) is 15.5. The Hall–Kier alpha value is -1.37. The van der Waals surface area contributed by atoms with E-state index in [-0.39, 0.29) is 0 Å². The summed E-state index contributed by atoms with van der Waals surface area (Å²) in [5.41, 5.74) is 2.10. The van der Waals surface area contributed by atoms with Crippen molar-refractivity contribution >= 4 is 11.3 Å². The number of aromatic nitrogens is 3. The molecule has 0 unspecified atom stereocenters. The monoisotopic (exact) mass is 318 g/mol. The predicted molar refractivity (Wildman–Crippen MR) is 88.2 cm³/mol. The number of ether oxygens (including phenoxy) is 1. The molecule has 1 saturated heterocycles. The van der Waals surface area contributed by atoms with Gasteiger partial charge in [0.15, 0.2) is 0 Å². The van der Waals surface area contributed by atoms with E-state index in [4.69, 9.17) is 4.74 Å². The second kappa shape index (κ2) is 7.26. The molecule has 6 heteroatoms. The third-order valence-electron chi connectivity index (χ3n) is 4.04. The molecule has 22 heavy (non-hydrogen) atoms. The van der Waals surface area contributed by atoms with Gasteiger partial charge in [0.25, 0.3) is 0 Å². The van der Waals surface area contributed by atoms with Gasteiger partial charge < -0.3 is 9.64 Å². The van der Waals surface area contributed by atoms with Crippen molar-refractivity contribution in [3.63, 3.8) is 0 Å². The highest BCUT2D eigenvalue weighted by Gasteiger charge is 2.23. The summed E-state index contributed by atoms with van der Waals surface area (Å²) >= 11 is 1.62. The summed E-state index contributed by atoms with van der Waals surface area (Å²) in [7, 11) is 1.76. The maximum Gasteiger partial charge on any atom is 0.141 e. The van der Waals surface area contributed by atoms with E-state index in [9.17, 15) is 0 Å². The normalized spacial score (nSPS) is 19.5. The zero-order valence-electron chi connectivity index (χ0n) is 13.2. The highest BCUT2D eigenvalue weighted by molar-refractivity contribution is 7.13. The van der Waals surface area contributed by atoms with E-state index in [0.717, 1.165) is 48.5 Å². The van der Waals surface area contributed by atoms with Gasteiger partial charge in [0, 0.05) is 43.4 Å². The SMILES string of the molecule is COCCN1CCC[C@@H](c2cc(-c3nccs3)nc(C)n2)C1. The molecule has 118 valence electrons. The summed E-state index contributed by atoms with van der Waals surface area (Å²) in [6.07, 6.45) is 4.23. The second-order valence-electron chi connectivity index (χ2n) is 5.70. The minimum Gasteiger partial charge on any atom is -0.383 e. The van der Waals surface area contributed by atoms with Crippen LogP contribution in [0.4, 0.5) is 0 Å². The quantitative estimate of drug-likeness (QED) is 0.848. The topological polar surface area (TPSA) is 51.1 Å². The average Bonchev–Trinajstić information content (AvgIpc) is 3.07. The van der Waals surface area contributed by atoms with E-state index < -0.39 is 0 Å². The third kappa shape index (κ3) is 3.69. The molecular weight excluding hydrogens is 296 g/mol. The first-order chi connectivity index (χ1) is 10.8. The fourth-order valence-electron chi connectivity index (χ4n) is 2.98. The van der Waals surface area contributed by atoms with E-state index >= 15 is 0 Å². The van der Waals surface area contributed by atoms with Crippen LogP contribution in [0.1, 0.15) is 30.3 Å². The Bertz CT molecular complexity index is 602. The lowest BCUT2D eigenvalue weighted by Gasteiger charge is -2.32. The van der Waals surface area contributed by atoms with E-state index in [1.54, 1.807) is 18.4 Å². The van der Waals surface area contributed by atoms with Crippen LogP contribution in [-0.4, -0.2) is 53.2 Å². The van der Waals surface area contributed by atoms with Crippen molar-refractivity contribution in [2.75, 3.05) is 33.4 Å². The van der Waals surface area contributed by atoms with Crippen molar-refractivity contribution in [2.24, 2.45) is 0 Å². The predicted octanol–water partition coefficient (Wildman–Crippen LogP) is 2.73. The molecule has 0 radical (unpaired) electrons. The van der Waals surface area contributed by atoms with Crippen molar-refractivity contribution in [3.8, 4) is 10.7 Å². The van der Waals surface area contributed by atoms with Crippen molar-refractivity contribution in [3.05, 3.63) is 29.2 Å². The Morgan fingerprint density at radius 2 is 2.32 bits per heavy atom. The molecule has 0 bridgehead atoms. The molecule has 5 nitrogen and oxygen atoms in total. The van der Waals surface area contributed by atoms with Gasteiger partial charge in [-0.1, -0.05) is 0 Å². The second-order valence-corrected chi connectivity index (χ2v) is 6.59. The number of hydrogen-bond donors (Lipinski definition) is 0. The van der Waals surface area contributed by atoms with Crippen LogP contribution in [0.5, 0.6) is 0 Å². The van der Waals surface area contributed by atoms with Crippen LogP contribution in [0.3, 0.4) is 0 Å². The summed E-state index contributed by atoms with van der Waals surface area (Å²) < 4.78 is 5.20. The van der Waals surface area contributed by atoms with E-state index in [1.807, 2.05) is 18.5 Å². The summed E-state index contributed by atoms with van der Waals surface area (Å²) in [6, 6.07) is 2.12. The average molecular weight is 318 g/mol. The molecule has 0 aromatic carbocycles. The Morgan fingerprint density at radius 3 is 3.09 bits per heavy atom. The number of hydrogen-bond acceptors (Lipinski definition) is 6. The fourth-order valence-corrected chi connectivity index (χ4v) is 3.58. The van der Waals surface area contributed by atoms with Crippen LogP contribution in [0, 0.1) is 6.92 Å². The van der Waals surface area contributed by atoms with Crippen molar-refractivity contribution in [1.29, 1.82) is 0 Å². The van der Waals surface area contributed by atoms with Gasteiger partial charge in [0.2, 0.25) is 0 Å². The lowest BCUT2D eigenvalue weighted by atomic mass is 9.94. The molecule has 3 heterocycles. The van der Waals surface area contributed by atoms with Gasteiger partial charge in [0.05, 0.1) is 6.61 Å². The van der Waals surface area contributed by atoms with Gasteiger partial charge in [-0.25, -0.2) is 15.0 Å². The number of aryl methyl sites for hydroxylation is 1. The van der Waals surface area contributed by atoms with Crippen molar-refractivity contribution in [1.82, 2.24) is 19.9 Å². The molecule has 0 aliphatic carbocycles. The maximum absolute atomic E-state index is 5.20. The molecule has 1 atom stereocenters. The maximum atomic E-state index is 5.20. The number of likely N-dealkylation sites (tertiary alicyclic amines) is 1. The lowest BCUT2D eigenvalue weighted by molar-refractivity contribution is 0.127. The highest BCUT2D eigenvalue weighted by Crippen LogP contribution is 2.28. The molecule has 0 amide bonds.